The van der Waals surface area contributed by atoms with Gasteiger partial charge in [0.1, 0.15) is 5.82 Å². The second kappa shape index (κ2) is 7.23. The van der Waals surface area contributed by atoms with E-state index in [0.717, 1.165) is 37.3 Å². The Balaban J connectivity index is 1.42. The molecule has 0 spiro atoms. The number of benzene rings is 2. The zero-order valence-corrected chi connectivity index (χ0v) is 13.1. The summed E-state index contributed by atoms with van der Waals surface area (Å²) < 4.78 is 2.20. The third-order valence-corrected chi connectivity index (χ3v) is 4.07. The van der Waals surface area contributed by atoms with Gasteiger partial charge in [-0.2, -0.15) is 0 Å². The van der Waals surface area contributed by atoms with Crippen molar-refractivity contribution in [3.63, 3.8) is 0 Å². The van der Waals surface area contributed by atoms with E-state index in [1.54, 1.807) is 0 Å². The first-order valence-electron chi connectivity index (χ1n) is 7.99. The maximum absolute atomic E-state index is 4.70. The van der Waals surface area contributed by atoms with Crippen LogP contribution in [0.5, 0.6) is 0 Å². The molecule has 0 aliphatic heterocycles. The number of nitrogens with one attached hydrogen (secondary N) is 1. The number of nitrogens with zero attached hydrogens (tertiary/aromatic N) is 2. The van der Waals surface area contributed by atoms with Crippen LogP contribution in [0.4, 0.5) is 0 Å². The van der Waals surface area contributed by atoms with E-state index >= 15 is 0 Å². The third kappa shape index (κ3) is 3.55. The third-order valence-electron chi connectivity index (χ3n) is 4.07. The van der Waals surface area contributed by atoms with Gasteiger partial charge in [-0.1, -0.05) is 42.5 Å². The fourth-order valence-corrected chi connectivity index (χ4v) is 2.81. The number of hydrogen-bond acceptors (Lipinski definition) is 2. The molecule has 0 saturated carbocycles. The highest BCUT2D eigenvalue weighted by Crippen LogP contribution is 2.14. The minimum atomic E-state index is 0.969. The molecule has 0 aliphatic carbocycles. The number of imidazole rings is 1. The normalized spacial score (nSPS) is 11.1. The highest BCUT2D eigenvalue weighted by molar-refractivity contribution is 5.75. The van der Waals surface area contributed by atoms with Crippen LogP contribution >= 0.6 is 0 Å². The van der Waals surface area contributed by atoms with Crippen molar-refractivity contribution in [1.82, 2.24) is 14.9 Å². The van der Waals surface area contributed by atoms with Crippen LogP contribution in [0.2, 0.25) is 0 Å². The summed E-state index contributed by atoms with van der Waals surface area (Å²) in [6.45, 7) is 2.03. The minimum absolute atomic E-state index is 0.969. The lowest BCUT2D eigenvalue weighted by Crippen LogP contribution is -2.20. The Kier molecular flexibility index (Phi) is 4.86. The van der Waals surface area contributed by atoms with E-state index in [1.807, 2.05) is 6.07 Å². The highest BCUT2D eigenvalue weighted by atomic mass is 15.1. The van der Waals surface area contributed by atoms with Gasteiger partial charge in [-0.15, -0.1) is 0 Å². The van der Waals surface area contributed by atoms with Gasteiger partial charge in [-0.3, -0.25) is 0 Å². The second-order valence-corrected chi connectivity index (χ2v) is 5.66. The topological polar surface area (TPSA) is 29.9 Å². The molecule has 0 saturated heterocycles. The summed E-state index contributed by atoms with van der Waals surface area (Å²) in [7, 11) is 2.10. The van der Waals surface area contributed by atoms with Crippen LogP contribution in [0.3, 0.4) is 0 Å². The molecule has 1 N–H and O–H groups in total. The minimum Gasteiger partial charge on any atom is -0.331 e. The fraction of sp³-hybridized carbons (Fsp3) is 0.316. The predicted octanol–water partition coefficient (Wildman–Crippen LogP) is 3.34. The van der Waals surface area contributed by atoms with E-state index in [9.17, 15) is 0 Å². The van der Waals surface area contributed by atoms with Gasteiger partial charge >= 0.3 is 0 Å². The van der Waals surface area contributed by atoms with E-state index in [0.29, 0.717) is 0 Å². The van der Waals surface area contributed by atoms with Crippen molar-refractivity contribution in [3.8, 4) is 0 Å². The fourth-order valence-electron chi connectivity index (χ4n) is 2.81. The summed E-state index contributed by atoms with van der Waals surface area (Å²) in [5.41, 5.74) is 3.71. The summed E-state index contributed by atoms with van der Waals surface area (Å²) in [5.74, 6) is 1.15. The van der Waals surface area contributed by atoms with Gasteiger partial charge < -0.3 is 9.88 Å². The van der Waals surface area contributed by atoms with Crippen LogP contribution in [0.1, 0.15) is 17.8 Å². The van der Waals surface area contributed by atoms with E-state index in [1.165, 1.54) is 17.5 Å². The molecule has 0 amide bonds. The van der Waals surface area contributed by atoms with Crippen LogP contribution in [0.25, 0.3) is 11.0 Å². The average molecular weight is 293 g/mol. The molecular formula is C19H23N3. The van der Waals surface area contributed by atoms with Crippen molar-refractivity contribution in [2.45, 2.75) is 19.3 Å². The van der Waals surface area contributed by atoms with E-state index in [-0.39, 0.29) is 0 Å². The van der Waals surface area contributed by atoms with Gasteiger partial charge in [-0.05, 0) is 37.1 Å². The Hall–Kier alpha value is -2.13. The first kappa shape index (κ1) is 14.8. The largest absolute Gasteiger partial charge is 0.331 e. The predicted molar refractivity (Wildman–Crippen MR) is 92.1 cm³/mol. The molecule has 3 heteroatoms. The summed E-state index contributed by atoms with van der Waals surface area (Å²) >= 11 is 0. The lowest BCUT2D eigenvalue weighted by Gasteiger charge is -2.05. The van der Waals surface area contributed by atoms with Crippen LogP contribution in [0.15, 0.2) is 54.6 Å². The lowest BCUT2D eigenvalue weighted by atomic mass is 10.1. The molecule has 2 aromatic carbocycles. The molecule has 1 aromatic heterocycles. The van der Waals surface area contributed by atoms with Crippen molar-refractivity contribution in [2.24, 2.45) is 7.05 Å². The van der Waals surface area contributed by atoms with Gasteiger partial charge in [0.05, 0.1) is 11.0 Å². The van der Waals surface area contributed by atoms with Crippen LogP contribution < -0.4 is 5.32 Å². The van der Waals surface area contributed by atoms with E-state index in [4.69, 9.17) is 4.98 Å². The van der Waals surface area contributed by atoms with E-state index < -0.39 is 0 Å². The zero-order valence-electron chi connectivity index (χ0n) is 13.1. The summed E-state index contributed by atoms with van der Waals surface area (Å²) in [5, 5.41) is 3.52. The quantitative estimate of drug-likeness (QED) is 0.677. The molecule has 1 heterocycles. The number of para-hydroxylation sites is 2. The number of aryl methyl sites for hydroxylation is 2. The SMILES string of the molecule is Cn1c(CCNCCCc2ccccc2)nc2ccccc21. The van der Waals surface area contributed by atoms with Crippen molar-refractivity contribution in [3.05, 3.63) is 66.0 Å². The van der Waals surface area contributed by atoms with Crippen LogP contribution in [0, 0.1) is 0 Å². The van der Waals surface area contributed by atoms with Gasteiger partial charge in [-0.25, -0.2) is 4.98 Å². The van der Waals surface area contributed by atoms with Gasteiger partial charge in [0, 0.05) is 20.0 Å². The summed E-state index contributed by atoms with van der Waals surface area (Å²) in [6.07, 6.45) is 3.28. The van der Waals surface area contributed by atoms with Gasteiger partial charge in [0.25, 0.3) is 0 Å². The number of aromatic nitrogens is 2. The molecular weight excluding hydrogens is 270 g/mol. The molecule has 0 bridgehead atoms. The number of fused-ring (bicyclic) bond motifs is 1. The molecule has 3 rings (SSSR count). The lowest BCUT2D eigenvalue weighted by molar-refractivity contribution is 0.630. The number of rotatable bonds is 7. The Morgan fingerprint density at radius 1 is 0.909 bits per heavy atom. The molecule has 114 valence electrons. The molecule has 0 atom stereocenters. The van der Waals surface area contributed by atoms with Crippen molar-refractivity contribution >= 4 is 11.0 Å². The Morgan fingerprint density at radius 3 is 2.50 bits per heavy atom. The Bertz CT molecular complexity index is 716. The van der Waals surface area contributed by atoms with E-state index in [2.05, 4.69) is 65.5 Å². The smallest absolute Gasteiger partial charge is 0.110 e. The molecule has 0 unspecified atom stereocenters. The average Bonchev–Trinajstić information content (AvgIpc) is 2.88. The standard InChI is InChI=1S/C19H23N3/c1-22-18-12-6-5-11-17(18)21-19(22)13-15-20-14-7-10-16-8-3-2-4-9-16/h2-6,8-9,11-12,20H,7,10,13-15H2,1H3. The number of hydrogen-bond donors (Lipinski definition) is 1. The molecule has 0 radical (unpaired) electrons. The first-order chi connectivity index (χ1) is 10.8. The van der Waals surface area contributed by atoms with Crippen molar-refractivity contribution < 1.29 is 0 Å². The maximum atomic E-state index is 4.70. The summed E-state index contributed by atoms with van der Waals surface area (Å²) in [6, 6.07) is 19.0. The molecule has 22 heavy (non-hydrogen) atoms. The van der Waals surface area contributed by atoms with Crippen LogP contribution in [-0.4, -0.2) is 22.6 Å². The monoisotopic (exact) mass is 293 g/mol. The maximum Gasteiger partial charge on any atom is 0.110 e. The molecule has 0 aliphatic rings. The zero-order chi connectivity index (χ0) is 15.2. The first-order valence-corrected chi connectivity index (χ1v) is 7.99. The molecule has 3 aromatic rings. The molecule has 0 fully saturated rings. The van der Waals surface area contributed by atoms with Crippen molar-refractivity contribution in [1.29, 1.82) is 0 Å². The highest BCUT2D eigenvalue weighted by Gasteiger charge is 2.05. The van der Waals surface area contributed by atoms with Crippen molar-refractivity contribution in [2.75, 3.05) is 13.1 Å². The second-order valence-electron chi connectivity index (χ2n) is 5.66. The summed E-state index contributed by atoms with van der Waals surface area (Å²) in [4.78, 5) is 4.70. The van der Waals surface area contributed by atoms with Gasteiger partial charge in [0.15, 0.2) is 0 Å². The van der Waals surface area contributed by atoms with Gasteiger partial charge in [0.2, 0.25) is 0 Å². The van der Waals surface area contributed by atoms with Crippen LogP contribution in [-0.2, 0) is 19.9 Å². The Morgan fingerprint density at radius 2 is 1.68 bits per heavy atom. The molecule has 3 nitrogen and oxygen atoms in total. The Labute approximate surface area is 132 Å².